The Hall–Kier alpha value is -1.32. The molecule has 0 aliphatic carbocycles. The van der Waals surface area contributed by atoms with E-state index in [9.17, 15) is 0 Å². The van der Waals surface area contributed by atoms with Gasteiger partial charge in [0, 0.05) is 11.5 Å². The van der Waals surface area contributed by atoms with Crippen molar-refractivity contribution >= 4 is 0 Å². The van der Waals surface area contributed by atoms with E-state index in [-0.39, 0.29) is 12.4 Å². The summed E-state index contributed by atoms with van der Waals surface area (Å²) < 4.78 is 16.6. The first-order chi connectivity index (χ1) is 8.24. The maximum absolute atomic E-state index is 5.83. The summed E-state index contributed by atoms with van der Waals surface area (Å²) in [6.07, 6.45) is 1.58. The summed E-state index contributed by atoms with van der Waals surface area (Å²) in [5.41, 5.74) is 1.00. The molecule has 1 aliphatic heterocycles. The molecule has 1 saturated heterocycles. The third kappa shape index (κ3) is 2.68. The van der Waals surface area contributed by atoms with Crippen LogP contribution in [0.5, 0.6) is 5.75 Å². The van der Waals surface area contributed by atoms with E-state index in [2.05, 4.69) is 13.5 Å². The lowest BCUT2D eigenvalue weighted by atomic mass is 10.0. The smallest absolute Gasteiger partial charge is 0.184 e. The Morgan fingerprint density at radius 3 is 2.65 bits per heavy atom. The maximum Gasteiger partial charge on any atom is 0.184 e. The third-order valence-electron chi connectivity index (χ3n) is 2.97. The topological polar surface area (TPSA) is 27.7 Å². The van der Waals surface area contributed by atoms with Crippen molar-refractivity contribution in [2.75, 3.05) is 13.7 Å². The monoisotopic (exact) mass is 234 g/mol. The van der Waals surface area contributed by atoms with Gasteiger partial charge in [-0.25, -0.2) is 0 Å². The van der Waals surface area contributed by atoms with Gasteiger partial charge in [-0.15, -0.1) is 6.58 Å². The van der Waals surface area contributed by atoms with Gasteiger partial charge in [-0.05, 0) is 12.1 Å². The van der Waals surface area contributed by atoms with Gasteiger partial charge in [0.15, 0.2) is 6.29 Å². The lowest BCUT2D eigenvalue weighted by Crippen LogP contribution is -2.33. The van der Waals surface area contributed by atoms with Crippen molar-refractivity contribution in [2.45, 2.75) is 19.3 Å². The highest BCUT2D eigenvalue weighted by Gasteiger charge is 2.27. The highest BCUT2D eigenvalue weighted by atomic mass is 16.7. The number of methoxy groups -OCH3 is 1. The second-order valence-corrected chi connectivity index (χ2v) is 4.25. The average Bonchev–Trinajstić information content (AvgIpc) is 2.39. The van der Waals surface area contributed by atoms with E-state index in [1.807, 2.05) is 30.3 Å². The molecule has 3 heteroatoms. The molecular formula is C14H18O3. The van der Waals surface area contributed by atoms with Gasteiger partial charge >= 0.3 is 0 Å². The van der Waals surface area contributed by atoms with E-state index in [0.29, 0.717) is 12.5 Å². The Bertz CT molecular complexity index is 372. The molecule has 2 rings (SSSR count). The molecule has 0 radical (unpaired) electrons. The summed E-state index contributed by atoms with van der Waals surface area (Å²) in [4.78, 5) is 0. The molecule has 3 nitrogen and oxygen atoms in total. The molecule has 0 saturated carbocycles. The first-order valence-electron chi connectivity index (χ1n) is 5.78. The van der Waals surface area contributed by atoms with Gasteiger partial charge in [0.05, 0.1) is 19.8 Å². The largest absolute Gasteiger partial charge is 0.497 e. The number of benzene rings is 1. The van der Waals surface area contributed by atoms with E-state index >= 15 is 0 Å². The maximum atomic E-state index is 5.83. The summed E-state index contributed by atoms with van der Waals surface area (Å²) in [7, 11) is 1.65. The number of ether oxygens (including phenoxy) is 3. The molecule has 0 N–H and O–H groups in total. The molecule has 1 aliphatic rings. The standard InChI is InChI=1S/C14H18O3/c1-4-13-10(2)9-16-14(17-13)11-5-7-12(15-3)8-6-11/h4-8,10,13-14H,1,9H2,2-3H3/t10-,13+,14-/m0/s1. The highest BCUT2D eigenvalue weighted by molar-refractivity contribution is 5.28. The molecular weight excluding hydrogens is 216 g/mol. The fourth-order valence-electron chi connectivity index (χ4n) is 1.87. The van der Waals surface area contributed by atoms with E-state index in [1.165, 1.54) is 0 Å². The van der Waals surface area contributed by atoms with Gasteiger partial charge < -0.3 is 14.2 Å². The van der Waals surface area contributed by atoms with Crippen LogP contribution in [0.4, 0.5) is 0 Å². The van der Waals surface area contributed by atoms with Gasteiger partial charge in [-0.1, -0.05) is 25.1 Å². The van der Waals surface area contributed by atoms with Gasteiger partial charge in [-0.2, -0.15) is 0 Å². The Balaban J connectivity index is 2.09. The SMILES string of the molecule is C=C[C@H]1O[C@@H](c2ccc(OC)cc2)OC[C@@H]1C. The Morgan fingerprint density at radius 1 is 1.35 bits per heavy atom. The highest BCUT2D eigenvalue weighted by Crippen LogP contribution is 2.30. The average molecular weight is 234 g/mol. The van der Waals surface area contributed by atoms with Crippen molar-refractivity contribution in [3.8, 4) is 5.75 Å². The summed E-state index contributed by atoms with van der Waals surface area (Å²) in [5, 5.41) is 0. The van der Waals surface area contributed by atoms with Crippen LogP contribution < -0.4 is 4.74 Å². The van der Waals surface area contributed by atoms with Crippen LogP contribution in [0, 0.1) is 5.92 Å². The molecule has 0 amide bonds. The van der Waals surface area contributed by atoms with E-state index in [4.69, 9.17) is 14.2 Å². The summed E-state index contributed by atoms with van der Waals surface area (Å²) in [6.45, 7) is 6.57. The van der Waals surface area contributed by atoms with Crippen molar-refractivity contribution in [2.24, 2.45) is 5.92 Å². The van der Waals surface area contributed by atoms with E-state index < -0.39 is 0 Å². The molecule has 1 heterocycles. The van der Waals surface area contributed by atoms with Crippen LogP contribution in [-0.2, 0) is 9.47 Å². The second-order valence-electron chi connectivity index (χ2n) is 4.25. The molecule has 0 aromatic heterocycles. The normalized spacial score (nSPS) is 28.7. The van der Waals surface area contributed by atoms with Crippen LogP contribution in [0.1, 0.15) is 18.8 Å². The number of hydrogen-bond acceptors (Lipinski definition) is 3. The predicted molar refractivity (Wildman–Crippen MR) is 65.9 cm³/mol. The van der Waals surface area contributed by atoms with Gasteiger partial charge in [0.25, 0.3) is 0 Å². The lowest BCUT2D eigenvalue weighted by Gasteiger charge is -2.33. The fraction of sp³-hybridized carbons (Fsp3) is 0.429. The second kappa shape index (κ2) is 5.34. The molecule has 1 aromatic rings. The zero-order valence-electron chi connectivity index (χ0n) is 10.3. The van der Waals surface area contributed by atoms with E-state index in [1.54, 1.807) is 7.11 Å². The van der Waals surface area contributed by atoms with Crippen LogP contribution >= 0.6 is 0 Å². The van der Waals surface area contributed by atoms with Crippen LogP contribution in [-0.4, -0.2) is 19.8 Å². The van der Waals surface area contributed by atoms with Crippen LogP contribution in [0.25, 0.3) is 0 Å². The van der Waals surface area contributed by atoms with Crippen LogP contribution in [0.2, 0.25) is 0 Å². The minimum Gasteiger partial charge on any atom is -0.497 e. The molecule has 0 spiro atoms. The van der Waals surface area contributed by atoms with Gasteiger partial charge in [0.1, 0.15) is 5.75 Å². The minimum atomic E-state index is -0.305. The van der Waals surface area contributed by atoms with Crippen molar-refractivity contribution in [3.63, 3.8) is 0 Å². The first-order valence-corrected chi connectivity index (χ1v) is 5.78. The van der Waals surface area contributed by atoms with Crippen molar-refractivity contribution < 1.29 is 14.2 Å². The molecule has 17 heavy (non-hydrogen) atoms. The number of rotatable bonds is 3. The molecule has 92 valence electrons. The lowest BCUT2D eigenvalue weighted by molar-refractivity contribution is -0.225. The summed E-state index contributed by atoms with van der Waals surface area (Å²) in [6, 6.07) is 7.73. The minimum absolute atomic E-state index is 0.0517. The van der Waals surface area contributed by atoms with Crippen molar-refractivity contribution in [1.82, 2.24) is 0 Å². The Morgan fingerprint density at radius 2 is 2.06 bits per heavy atom. The van der Waals surface area contributed by atoms with Gasteiger partial charge in [0.2, 0.25) is 0 Å². The molecule has 1 fully saturated rings. The summed E-state index contributed by atoms with van der Waals surface area (Å²) in [5.74, 6) is 1.18. The predicted octanol–water partition coefficient (Wildman–Crippen LogP) is 2.93. The van der Waals surface area contributed by atoms with Crippen LogP contribution in [0.15, 0.2) is 36.9 Å². The van der Waals surface area contributed by atoms with Crippen LogP contribution in [0.3, 0.4) is 0 Å². The van der Waals surface area contributed by atoms with E-state index in [0.717, 1.165) is 11.3 Å². The summed E-state index contributed by atoms with van der Waals surface area (Å²) >= 11 is 0. The molecule has 0 bridgehead atoms. The Labute approximate surface area is 102 Å². The fourth-order valence-corrected chi connectivity index (χ4v) is 1.87. The first kappa shape index (κ1) is 12.1. The van der Waals surface area contributed by atoms with Gasteiger partial charge in [-0.3, -0.25) is 0 Å². The molecule has 3 atom stereocenters. The van der Waals surface area contributed by atoms with Crippen molar-refractivity contribution in [3.05, 3.63) is 42.5 Å². The third-order valence-corrected chi connectivity index (χ3v) is 2.97. The zero-order valence-corrected chi connectivity index (χ0v) is 10.3. The Kier molecular flexibility index (Phi) is 3.82. The number of hydrogen-bond donors (Lipinski definition) is 0. The molecule has 0 unspecified atom stereocenters. The van der Waals surface area contributed by atoms with Crippen molar-refractivity contribution in [1.29, 1.82) is 0 Å². The quantitative estimate of drug-likeness (QED) is 0.753. The molecule has 1 aromatic carbocycles. The zero-order chi connectivity index (χ0) is 12.3.